The van der Waals surface area contributed by atoms with Gasteiger partial charge < -0.3 is 18.8 Å². The first kappa shape index (κ1) is 19.6. The molecule has 2 heterocycles. The van der Waals surface area contributed by atoms with Crippen LogP contribution in [0.15, 0.2) is 67.3 Å². The van der Waals surface area contributed by atoms with Gasteiger partial charge in [-0.05, 0) is 43.3 Å². The van der Waals surface area contributed by atoms with Gasteiger partial charge in [-0.3, -0.25) is 4.79 Å². The maximum absolute atomic E-state index is 11.4. The highest BCUT2D eigenvalue weighted by Gasteiger charge is 2.44. The average molecular weight is 413 g/mol. The zero-order valence-corrected chi connectivity index (χ0v) is 16.7. The molecule has 0 bridgehead atoms. The zero-order chi connectivity index (χ0) is 20.3. The molecule has 1 saturated heterocycles. The van der Waals surface area contributed by atoms with Crippen molar-refractivity contribution in [3.8, 4) is 5.75 Å². The summed E-state index contributed by atoms with van der Waals surface area (Å²) in [5, 5.41) is 0.651. The maximum atomic E-state index is 11.4. The van der Waals surface area contributed by atoms with Crippen molar-refractivity contribution in [2.45, 2.75) is 25.4 Å². The summed E-state index contributed by atoms with van der Waals surface area (Å²) in [7, 11) is 0. The van der Waals surface area contributed by atoms with Crippen LogP contribution in [-0.2, 0) is 21.8 Å². The lowest BCUT2D eigenvalue weighted by atomic mass is 10.1. The Morgan fingerprint density at radius 2 is 2.00 bits per heavy atom. The number of halogens is 1. The molecule has 0 aliphatic carbocycles. The second-order valence-electron chi connectivity index (χ2n) is 6.94. The number of benzene rings is 2. The van der Waals surface area contributed by atoms with Crippen LogP contribution in [0.1, 0.15) is 22.8 Å². The number of carbonyl (C=O) groups excluding carboxylic acids is 1. The van der Waals surface area contributed by atoms with Gasteiger partial charge in [-0.2, -0.15) is 0 Å². The number of nitrogens with zero attached hydrogens (tertiary/aromatic N) is 2. The quantitative estimate of drug-likeness (QED) is 0.547. The molecule has 29 heavy (non-hydrogen) atoms. The number of ether oxygens (including phenoxy) is 3. The van der Waals surface area contributed by atoms with Crippen molar-refractivity contribution in [3.05, 3.63) is 83.4 Å². The Hall–Kier alpha value is -2.67. The lowest BCUT2D eigenvalue weighted by Gasteiger charge is -2.29. The van der Waals surface area contributed by atoms with Gasteiger partial charge in [0.2, 0.25) is 5.79 Å². The van der Waals surface area contributed by atoms with Crippen molar-refractivity contribution in [1.82, 2.24) is 9.55 Å². The molecule has 0 saturated carbocycles. The molecule has 2 atom stereocenters. The van der Waals surface area contributed by atoms with E-state index in [0.29, 0.717) is 36.1 Å². The number of aromatic nitrogens is 2. The van der Waals surface area contributed by atoms with Crippen LogP contribution in [0.2, 0.25) is 5.02 Å². The molecule has 0 amide bonds. The van der Waals surface area contributed by atoms with Crippen LogP contribution in [0.3, 0.4) is 0 Å². The van der Waals surface area contributed by atoms with Gasteiger partial charge in [-0.15, -0.1) is 0 Å². The largest absolute Gasteiger partial charge is 0.491 e. The standard InChI is InChI=1S/C22H21ClN2O4/c1-16(26)17-2-8-20(9-3-17)27-12-21-13-28-22(29-21,14-25-11-10-24-15-25)18-4-6-19(23)7-5-18/h2-11,15,21H,12-14H2,1H3/t21-,22-/m1/s1. The van der Waals surface area contributed by atoms with E-state index in [9.17, 15) is 4.79 Å². The molecule has 2 aromatic carbocycles. The van der Waals surface area contributed by atoms with Crippen LogP contribution in [0.25, 0.3) is 0 Å². The molecule has 0 radical (unpaired) electrons. The third-order valence-corrected chi connectivity index (χ3v) is 5.04. The number of carbonyl (C=O) groups is 1. The number of rotatable bonds is 7. The van der Waals surface area contributed by atoms with Crippen LogP contribution < -0.4 is 4.74 Å². The number of ketones is 1. The summed E-state index contributed by atoms with van der Waals surface area (Å²) in [6, 6.07) is 14.5. The van der Waals surface area contributed by atoms with E-state index in [2.05, 4.69) is 4.98 Å². The summed E-state index contributed by atoms with van der Waals surface area (Å²) >= 11 is 6.05. The van der Waals surface area contributed by atoms with E-state index < -0.39 is 5.79 Å². The third-order valence-electron chi connectivity index (χ3n) is 4.79. The van der Waals surface area contributed by atoms with Gasteiger partial charge in [0.25, 0.3) is 0 Å². The van der Waals surface area contributed by atoms with E-state index in [-0.39, 0.29) is 11.9 Å². The molecule has 1 aliphatic rings. The van der Waals surface area contributed by atoms with E-state index in [4.69, 9.17) is 25.8 Å². The highest BCUT2D eigenvalue weighted by atomic mass is 35.5. The van der Waals surface area contributed by atoms with Crippen molar-refractivity contribution >= 4 is 17.4 Å². The molecule has 0 unspecified atom stereocenters. The molecule has 1 aliphatic heterocycles. The zero-order valence-electron chi connectivity index (χ0n) is 16.0. The predicted molar refractivity (Wildman–Crippen MR) is 108 cm³/mol. The first-order valence-corrected chi connectivity index (χ1v) is 9.69. The Morgan fingerprint density at radius 3 is 2.66 bits per heavy atom. The Morgan fingerprint density at radius 1 is 1.24 bits per heavy atom. The summed E-state index contributed by atoms with van der Waals surface area (Å²) in [6.45, 7) is 2.72. The Balaban J connectivity index is 1.47. The van der Waals surface area contributed by atoms with Gasteiger partial charge in [0, 0.05) is 28.5 Å². The second-order valence-corrected chi connectivity index (χ2v) is 7.37. The lowest BCUT2D eigenvalue weighted by Crippen LogP contribution is -2.34. The summed E-state index contributed by atoms with van der Waals surface area (Å²) in [6.07, 6.45) is 5.06. The van der Waals surface area contributed by atoms with Crippen LogP contribution in [0, 0.1) is 0 Å². The van der Waals surface area contributed by atoms with E-state index in [1.165, 1.54) is 6.92 Å². The Bertz CT molecular complexity index is 957. The maximum Gasteiger partial charge on any atom is 0.214 e. The van der Waals surface area contributed by atoms with Crippen LogP contribution >= 0.6 is 11.6 Å². The molecule has 150 valence electrons. The van der Waals surface area contributed by atoms with Gasteiger partial charge in [-0.1, -0.05) is 23.7 Å². The first-order chi connectivity index (χ1) is 14.0. The molecule has 7 heteroatoms. The highest BCUT2D eigenvalue weighted by molar-refractivity contribution is 6.30. The monoisotopic (exact) mass is 412 g/mol. The minimum Gasteiger partial charge on any atom is -0.491 e. The minimum atomic E-state index is -0.947. The topological polar surface area (TPSA) is 62.6 Å². The van der Waals surface area contributed by atoms with Crippen LogP contribution in [-0.4, -0.2) is 34.7 Å². The number of hydrogen-bond acceptors (Lipinski definition) is 5. The van der Waals surface area contributed by atoms with Gasteiger partial charge >= 0.3 is 0 Å². The predicted octanol–water partition coefficient (Wildman–Crippen LogP) is 4.09. The number of Topliss-reactive ketones (excluding diaryl/α,β-unsaturated/α-hetero) is 1. The van der Waals surface area contributed by atoms with Crippen molar-refractivity contribution in [2.24, 2.45) is 0 Å². The Kier molecular flexibility index (Phi) is 5.67. The smallest absolute Gasteiger partial charge is 0.214 e. The van der Waals surface area contributed by atoms with E-state index in [0.717, 1.165) is 5.56 Å². The van der Waals surface area contributed by atoms with Crippen molar-refractivity contribution < 1.29 is 19.0 Å². The van der Waals surface area contributed by atoms with Crippen molar-refractivity contribution in [3.63, 3.8) is 0 Å². The van der Waals surface area contributed by atoms with Crippen molar-refractivity contribution in [1.29, 1.82) is 0 Å². The van der Waals surface area contributed by atoms with E-state index in [1.807, 2.05) is 35.0 Å². The SMILES string of the molecule is CC(=O)c1ccc(OC[C@@H]2CO[C@@](Cn3ccnc3)(c3ccc(Cl)cc3)O2)cc1. The summed E-state index contributed by atoms with van der Waals surface area (Å²) in [5.41, 5.74) is 1.53. The summed E-state index contributed by atoms with van der Waals surface area (Å²) in [4.78, 5) is 15.5. The molecule has 3 aromatic rings. The highest BCUT2D eigenvalue weighted by Crippen LogP contribution is 2.36. The summed E-state index contributed by atoms with van der Waals surface area (Å²) < 4.78 is 20.3. The molecule has 1 aromatic heterocycles. The third kappa shape index (κ3) is 4.50. The fraction of sp³-hybridized carbons (Fsp3) is 0.273. The van der Waals surface area contributed by atoms with Gasteiger partial charge in [-0.25, -0.2) is 4.98 Å². The fourth-order valence-electron chi connectivity index (χ4n) is 3.27. The van der Waals surface area contributed by atoms with E-state index >= 15 is 0 Å². The van der Waals surface area contributed by atoms with Crippen LogP contribution in [0.5, 0.6) is 5.75 Å². The normalized spacial score (nSPS) is 21.2. The fourth-order valence-corrected chi connectivity index (χ4v) is 3.40. The second kappa shape index (κ2) is 8.37. The minimum absolute atomic E-state index is 0.0244. The average Bonchev–Trinajstić information content (AvgIpc) is 3.38. The van der Waals surface area contributed by atoms with Crippen LogP contribution in [0.4, 0.5) is 0 Å². The first-order valence-electron chi connectivity index (χ1n) is 9.31. The molecular weight excluding hydrogens is 392 g/mol. The molecule has 4 rings (SSSR count). The molecule has 0 N–H and O–H groups in total. The van der Waals surface area contributed by atoms with Gasteiger partial charge in [0.1, 0.15) is 18.5 Å². The van der Waals surface area contributed by atoms with E-state index in [1.54, 1.807) is 36.8 Å². The Labute approximate surface area is 174 Å². The van der Waals surface area contributed by atoms with Gasteiger partial charge in [0.05, 0.1) is 19.5 Å². The molecule has 0 spiro atoms. The number of imidazole rings is 1. The lowest BCUT2D eigenvalue weighted by molar-refractivity contribution is -0.189. The molecule has 1 fully saturated rings. The molecule has 6 nitrogen and oxygen atoms in total. The van der Waals surface area contributed by atoms with Gasteiger partial charge in [0.15, 0.2) is 5.78 Å². The molecular formula is C22H21ClN2O4. The number of hydrogen-bond donors (Lipinski definition) is 0. The van der Waals surface area contributed by atoms with Crippen molar-refractivity contribution in [2.75, 3.05) is 13.2 Å². The summed E-state index contributed by atoms with van der Waals surface area (Å²) in [5.74, 6) is -0.244.